The molecule has 0 aromatic heterocycles. The summed E-state index contributed by atoms with van der Waals surface area (Å²) in [6.07, 6.45) is 0. The lowest BCUT2D eigenvalue weighted by Crippen LogP contribution is -2.06. The average molecular weight is 237 g/mol. The highest BCUT2D eigenvalue weighted by atomic mass is 35.5. The van der Waals surface area contributed by atoms with E-state index in [1.54, 1.807) is 0 Å². The lowest BCUT2D eigenvalue weighted by Gasteiger charge is -2.13. The van der Waals surface area contributed by atoms with Gasteiger partial charge in [0.1, 0.15) is 5.69 Å². The minimum Gasteiger partial charge on any atom is -0.322 e. The molecule has 2 nitrogen and oxygen atoms in total. The first-order chi connectivity index (χ1) is 6.29. The van der Waals surface area contributed by atoms with Crippen LogP contribution in [0.2, 0.25) is 0 Å². The van der Waals surface area contributed by atoms with Gasteiger partial charge < -0.3 is 4.52 Å². The molecule has 1 aliphatic heterocycles. The van der Waals surface area contributed by atoms with Crippen LogP contribution in [0.4, 0.5) is 5.69 Å². The van der Waals surface area contributed by atoms with Crippen molar-refractivity contribution in [3.63, 3.8) is 0 Å². The number of para-hydroxylation sites is 2. The van der Waals surface area contributed by atoms with E-state index >= 15 is 0 Å². The van der Waals surface area contributed by atoms with Crippen LogP contribution in [0.3, 0.4) is 0 Å². The molecule has 0 bridgehead atoms. The molecule has 1 aromatic rings. The van der Waals surface area contributed by atoms with E-state index in [0.29, 0.717) is 11.2 Å². The minimum absolute atomic E-state index is 0.436. The Morgan fingerprint density at radius 2 is 1.92 bits per heavy atom. The van der Waals surface area contributed by atoms with E-state index in [2.05, 4.69) is 5.09 Å². The molecule has 0 unspecified atom stereocenters. The molecule has 0 saturated heterocycles. The monoisotopic (exact) mass is 236 g/mol. The quantitative estimate of drug-likeness (QED) is 0.624. The normalized spacial score (nSPS) is 17.4. The second-order valence-electron chi connectivity index (χ2n) is 2.83. The van der Waals surface area contributed by atoms with Gasteiger partial charge in [-0.2, -0.15) is 0 Å². The second-order valence-corrected chi connectivity index (χ2v) is 6.92. The van der Waals surface area contributed by atoms with E-state index in [-0.39, 0.29) is 0 Å². The summed E-state index contributed by atoms with van der Waals surface area (Å²) in [5.41, 5.74) is 1.87. The topological polar surface area (TPSA) is 21.3 Å². The average Bonchev–Trinajstić information content (AvgIpc) is 2.57. The Hall–Kier alpha value is -0.170. The van der Waals surface area contributed by atoms with E-state index in [1.807, 2.05) is 24.3 Å². The van der Waals surface area contributed by atoms with Crippen LogP contribution in [0, 0.1) is 0 Å². The number of fused-ring (bicyclic) bond motifs is 1. The number of hydrogen-bond donors (Lipinski definition) is 1. The molecule has 70 valence electrons. The number of halogens is 2. The minimum atomic E-state index is -1.81. The fourth-order valence-electron chi connectivity index (χ4n) is 1.21. The van der Waals surface area contributed by atoms with Crippen LogP contribution in [0.5, 0.6) is 5.75 Å². The van der Waals surface area contributed by atoms with Crippen molar-refractivity contribution < 1.29 is 4.52 Å². The summed E-state index contributed by atoms with van der Waals surface area (Å²) in [5.74, 6) is 0.858. The summed E-state index contributed by atoms with van der Waals surface area (Å²) in [6, 6.07) is 7.78. The Kier molecular flexibility index (Phi) is 2.55. The maximum atomic E-state index is 5.83. The first kappa shape index (κ1) is 9.39. The number of alkyl halides is 2. The number of nitrogens with one attached hydrogen (secondary N) is 1. The molecule has 5 heteroatoms. The molecule has 1 heterocycles. The van der Waals surface area contributed by atoms with Gasteiger partial charge in [0, 0.05) is 0 Å². The lowest BCUT2D eigenvalue weighted by molar-refractivity contribution is 0.623. The third-order valence-corrected chi connectivity index (χ3v) is 6.15. The predicted octanol–water partition coefficient (Wildman–Crippen LogP) is 3.73. The van der Waals surface area contributed by atoms with E-state index in [4.69, 9.17) is 27.7 Å². The smallest absolute Gasteiger partial charge is 0.310 e. The molecule has 0 atom stereocenters. The Bertz CT molecular complexity index is 290. The van der Waals surface area contributed by atoms with Crippen molar-refractivity contribution in [2.45, 2.75) is 0 Å². The van der Waals surface area contributed by atoms with Crippen LogP contribution < -0.4 is 9.61 Å². The summed E-state index contributed by atoms with van der Waals surface area (Å²) in [5, 5.41) is 3.27. The standard InChI is InChI=1S/C8H9Cl2NOP/c9-5-13(6-10)11-7-3-1-2-4-8(7)12-13/h1-4,11H,5-6H2/q+1. The molecular formula is C8H9Cl2NOP+. The highest BCUT2D eigenvalue weighted by molar-refractivity contribution is 7.76. The summed E-state index contributed by atoms with van der Waals surface area (Å²) in [6.45, 7) is 0. The molecule has 0 amide bonds. The number of anilines is 1. The van der Waals surface area contributed by atoms with Gasteiger partial charge in [-0.05, 0) is 12.1 Å². The number of hydrogen-bond acceptors (Lipinski definition) is 2. The van der Waals surface area contributed by atoms with E-state index in [1.165, 1.54) is 0 Å². The van der Waals surface area contributed by atoms with Gasteiger partial charge in [-0.3, -0.25) is 0 Å². The maximum Gasteiger partial charge on any atom is 0.310 e. The van der Waals surface area contributed by atoms with E-state index < -0.39 is 7.64 Å². The van der Waals surface area contributed by atoms with Crippen LogP contribution in [-0.2, 0) is 0 Å². The molecule has 2 rings (SSSR count). The number of rotatable bonds is 2. The van der Waals surface area contributed by atoms with E-state index in [9.17, 15) is 0 Å². The van der Waals surface area contributed by atoms with Crippen molar-refractivity contribution in [3.8, 4) is 5.75 Å². The molecule has 1 N–H and O–H groups in total. The Labute approximate surface area is 87.7 Å². The van der Waals surface area contributed by atoms with Crippen molar-refractivity contribution in [3.05, 3.63) is 24.3 Å². The van der Waals surface area contributed by atoms with Crippen LogP contribution >= 0.6 is 30.8 Å². The fourth-order valence-corrected chi connectivity index (χ4v) is 4.11. The van der Waals surface area contributed by atoms with Gasteiger partial charge in [0.05, 0.1) is 0 Å². The van der Waals surface area contributed by atoms with Gasteiger partial charge in [0.25, 0.3) is 0 Å². The highest BCUT2D eigenvalue weighted by Crippen LogP contribution is 2.66. The summed E-state index contributed by atoms with van der Waals surface area (Å²) in [7, 11) is -1.81. The molecule has 0 aliphatic carbocycles. The zero-order valence-electron chi connectivity index (χ0n) is 6.84. The first-order valence-corrected chi connectivity index (χ1v) is 7.00. The van der Waals surface area contributed by atoms with Crippen molar-refractivity contribution >= 4 is 36.5 Å². The van der Waals surface area contributed by atoms with Crippen molar-refractivity contribution in [2.75, 3.05) is 16.3 Å². The van der Waals surface area contributed by atoms with Gasteiger partial charge in [-0.25, -0.2) is 5.09 Å². The van der Waals surface area contributed by atoms with Gasteiger partial charge >= 0.3 is 7.64 Å². The molecule has 0 radical (unpaired) electrons. The summed E-state index contributed by atoms with van der Waals surface area (Å²) >= 11 is 11.7. The number of benzene rings is 1. The van der Waals surface area contributed by atoms with Crippen molar-refractivity contribution in [2.24, 2.45) is 0 Å². The third kappa shape index (κ3) is 1.59. The lowest BCUT2D eigenvalue weighted by atomic mass is 10.3. The zero-order chi connectivity index (χ0) is 9.31. The third-order valence-electron chi connectivity index (χ3n) is 1.87. The Balaban J connectivity index is 2.30. The van der Waals surface area contributed by atoms with Gasteiger partial charge in [-0.15, -0.1) is 0 Å². The van der Waals surface area contributed by atoms with Crippen LogP contribution in [0.25, 0.3) is 0 Å². The maximum absolute atomic E-state index is 5.83. The van der Waals surface area contributed by atoms with Crippen LogP contribution in [0.1, 0.15) is 0 Å². The molecule has 0 saturated carbocycles. The van der Waals surface area contributed by atoms with E-state index in [0.717, 1.165) is 11.4 Å². The molecule has 0 fully saturated rings. The predicted molar refractivity (Wildman–Crippen MR) is 59.1 cm³/mol. The second kappa shape index (κ2) is 3.53. The van der Waals surface area contributed by atoms with Crippen molar-refractivity contribution in [1.29, 1.82) is 0 Å². The summed E-state index contributed by atoms with van der Waals surface area (Å²) < 4.78 is 5.73. The van der Waals surface area contributed by atoms with Crippen molar-refractivity contribution in [1.82, 2.24) is 0 Å². The van der Waals surface area contributed by atoms with Gasteiger partial charge in [-0.1, -0.05) is 35.3 Å². The largest absolute Gasteiger partial charge is 0.322 e. The molecule has 13 heavy (non-hydrogen) atoms. The molecule has 1 aromatic carbocycles. The summed E-state index contributed by atoms with van der Waals surface area (Å²) in [4.78, 5) is 0. The fraction of sp³-hybridized carbons (Fsp3) is 0.250. The molecule has 1 aliphatic rings. The van der Waals surface area contributed by atoms with Crippen LogP contribution in [0.15, 0.2) is 24.3 Å². The van der Waals surface area contributed by atoms with Crippen LogP contribution in [-0.4, -0.2) is 11.2 Å². The Morgan fingerprint density at radius 1 is 1.23 bits per heavy atom. The SMILES string of the molecule is ClC[P+]1(CCl)Nc2ccccc2O1. The molecule has 0 spiro atoms. The zero-order valence-corrected chi connectivity index (χ0v) is 9.24. The van der Waals surface area contributed by atoms with Gasteiger partial charge in [0.15, 0.2) is 11.2 Å². The van der Waals surface area contributed by atoms with Gasteiger partial charge in [0.2, 0.25) is 5.75 Å². The first-order valence-electron chi connectivity index (χ1n) is 3.85. The highest BCUT2D eigenvalue weighted by Gasteiger charge is 2.46. The molecular weight excluding hydrogens is 228 g/mol. The Morgan fingerprint density at radius 3 is 2.54 bits per heavy atom.